The first-order valence-corrected chi connectivity index (χ1v) is 13.0. The maximum absolute atomic E-state index is 13.3. The van der Waals surface area contributed by atoms with Gasteiger partial charge < -0.3 is 11.1 Å². The molecule has 0 fully saturated rings. The quantitative estimate of drug-likeness (QED) is 0.376. The van der Waals surface area contributed by atoms with E-state index in [-0.39, 0.29) is 22.2 Å². The maximum Gasteiger partial charge on any atom is 0.320 e. The number of amides is 3. The predicted molar refractivity (Wildman–Crippen MR) is 135 cm³/mol. The van der Waals surface area contributed by atoms with Crippen molar-refractivity contribution in [1.82, 2.24) is 25.1 Å². The van der Waals surface area contributed by atoms with Gasteiger partial charge in [-0.05, 0) is 48.4 Å². The first-order chi connectivity index (χ1) is 17.5. The molecule has 1 aromatic carbocycles. The molecule has 3 N–H and O–H groups in total. The van der Waals surface area contributed by atoms with Gasteiger partial charge in [0.05, 0.1) is 35.2 Å². The van der Waals surface area contributed by atoms with Crippen LogP contribution in [0.25, 0.3) is 16.6 Å². The summed E-state index contributed by atoms with van der Waals surface area (Å²) in [6, 6.07) is 7.14. The zero-order valence-electron chi connectivity index (χ0n) is 20.2. The third kappa shape index (κ3) is 5.26. The van der Waals surface area contributed by atoms with Gasteiger partial charge in [0.2, 0.25) is 0 Å². The molecule has 11 nitrogen and oxygen atoms in total. The van der Waals surface area contributed by atoms with E-state index in [9.17, 15) is 22.4 Å². The van der Waals surface area contributed by atoms with Gasteiger partial charge in [-0.3, -0.25) is 14.7 Å². The summed E-state index contributed by atoms with van der Waals surface area (Å²) in [7, 11) is -2.37. The molecule has 3 amide bonds. The molecule has 3 aromatic heterocycles. The highest BCUT2D eigenvalue weighted by Gasteiger charge is 2.23. The van der Waals surface area contributed by atoms with Gasteiger partial charge in [0, 0.05) is 24.9 Å². The number of primary amides is 1. The molecule has 3 heterocycles. The lowest BCUT2D eigenvalue weighted by atomic mass is 10.0. The van der Waals surface area contributed by atoms with Crippen molar-refractivity contribution < 1.29 is 22.4 Å². The Balaban J connectivity index is 1.71. The second kappa shape index (κ2) is 9.93. The number of aromatic nitrogens is 4. The van der Waals surface area contributed by atoms with Crippen LogP contribution in [-0.2, 0) is 9.84 Å². The van der Waals surface area contributed by atoms with Gasteiger partial charge in [-0.2, -0.15) is 5.10 Å². The molecule has 37 heavy (non-hydrogen) atoms. The minimum Gasteiger partial charge on any atom is -0.351 e. The number of nitrogens with zero attached hydrogens (tertiary/aromatic N) is 5. The maximum atomic E-state index is 13.3. The number of nitrogens with two attached hydrogens (primary N) is 1. The molecule has 192 valence electrons. The fourth-order valence-corrected chi connectivity index (χ4v) is 4.36. The molecule has 0 aliphatic heterocycles. The molecule has 1 atom stereocenters. The van der Waals surface area contributed by atoms with Gasteiger partial charge in [0.1, 0.15) is 11.6 Å². The Morgan fingerprint density at radius 2 is 1.86 bits per heavy atom. The van der Waals surface area contributed by atoms with Crippen molar-refractivity contribution in [2.45, 2.75) is 24.4 Å². The van der Waals surface area contributed by atoms with E-state index >= 15 is 0 Å². The second-order valence-electron chi connectivity index (χ2n) is 8.35. The number of urea groups is 1. The van der Waals surface area contributed by atoms with Crippen LogP contribution in [0.3, 0.4) is 0 Å². The van der Waals surface area contributed by atoms with Crippen molar-refractivity contribution >= 4 is 38.5 Å². The summed E-state index contributed by atoms with van der Waals surface area (Å²) in [6.45, 7) is 1.81. The van der Waals surface area contributed by atoms with Crippen LogP contribution in [-0.4, -0.2) is 53.4 Å². The van der Waals surface area contributed by atoms with Crippen molar-refractivity contribution in [2.24, 2.45) is 5.73 Å². The Morgan fingerprint density at radius 1 is 1.16 bits per heavy atom. The molecule has 0 radical (unpaired) electrons. The second-order valence-corrected chi connectivity index (χ2v) is 10.3. The van der Waals surface area contributed by atoms with Crippen LogP contribution in [0.1, 0.15) is 35.3 Å². The Kier molecular flexibility index (Phi) is 6.90. The van der Waals surface area contributed by atoms with Crippen LogP contribution in [0.2, 0.25) is 0 Å². The van der Waals surface area contributed by atoms with Crippen LogP contribution < -0.4 is 16.0 Å². The fraction of sp³-hybridized carbons (Fsp3) is 0.208. The molecular formula is C24H24FN7O4S. The molecule has 4 rings (SSSR count). The Bertz CT molecular complexity index is 1600. The summed E-state index contributed by atoms with van der Waals surface area (Å²) < 4.78 is 39.4. The van der Waals surface area contributed by atoms with E-state index in [4.69, 9.17) is 5.73 Å². The highest BCUT2D eigenvalue weighted by molar-refractivity contribution is 7.90. The van der Waals surface area contributed by atoms with E-state index in [1.165, 1.54) is 43.7 Å². The standard InChI is InChI=1S/C24H24FN7O4S/c1-4-19(14-9-21(31(2)24(26)34)30-22(10-14)37(3,35)36)29-23(33)18-11-27-13-20-17(18)12-28-32(20)16-7-5-15(25)6-8-16/h5-13,19H,4H2,1-3H3,(H2,26,34)(H,29,33)/t19-/m0/s1. The summed E-state index contributed by atoms with van der Waals surface area (Å²) >= 11 is 0. The monoisotopic (exact) mass is 525 g/mol. The van der Waals surface area contributed by atoms with E-state index in [1.807, 2.05) is 6.92 Å². The molecule has 0 saturated carbocycles. The number of hydrogen-bond donors (Lipinski definition) is 2. The topological polar surface area (TPSA) is 153 Å². The zero-order valence-corrected chi connectivity index (χ0v) is 21.0. The number of anilines is 1. The number of pyridine rings is 2. The van der Waals surface area contributed by atoms with Crippen molar-refractivity contribution in [3.05, 3.63) is 71.9 Å². The summed E-state index contributed by atoms with van der Waals surface area (Å²) in [5.74, 6) is -0.821. The van der Waals surface area contributed by atoms with Crippen molar-refractivity contribution in [3.8, 4) is 5.69 Å². The highest BCUT2D eigenvalue weighted by Crippen LogP contribution is 2.26. The first kappa shape index (κ1) is 25.7. The lowest BCUT2D eigenvalue weighted by molar-refractivity contribution is 0.0936. The Labute approximate surface area is 212 Å². The number of rotatable bonds is 7. The number of sulfone groups is 1. The molecule has 0 aliphatic rings. The van der Waals surface area contributed by atoms with Crippen molar-refractivity contribution in [1.29, 1.82) is 0 Å². The summed E-state index contributed by atoms with van der Waals surface area (Å²) in [6.07, 6.45) is 5.87. The number of halogens is 1. The van der Waals surface area contributed by atoms with Gasteiger partial charge in [-0.1, -0.05) is 6.92 Å². The minimum absolute atomic E-state index is 0.0301. The van der Waals surface area contributed by atoms with Crippen molar-refractivity contribution in [3.63, 3.8) is 0 Å². The van der Waals surface area contributed by atoms with Crippen molar-refractivity contribution in [2.75, 3.05) is 18.2 Å². The highest BCUT2D eigenvalue weighted by atomic mass is 32.2. The Morgan fingerprint density at radius 3 is 2.49 bits per heavy atom. The molecule has 0 bridgehead atoms. The van der Waals surface area contributed by atoms with Crippen LogP contribution in [0.15, 0.2) is 60.0 Å². The molecular weight excluding hydrogens is 501 g/mol. The molecule has 4 aromatic rings. The van der Waals surface area contributed by atoms with Crippen LogP contribution in [0.5, 0.6) is 0 Å². The molecule has 0 spiro atoms. The van der Waals surface area contributed by atoms with Crippen LogP contribution in [0.4, 0.5) is 15.0 Å². The van der Waals surface area contributed by atoms with Gasteiger partial charge >= 0.3 is 6.03 Å². The van der Waals surface area contributed by atoms with Crippen LogP contribution >= 0.6 is 0 Å². The number of nitrogens with one attached hydrogen (secondary N) is 1. The largest absolute Gasteiger partial charge is 0.351 e. The SMILES string of the molecule is CC[C@H](NC(=O)c1cncc2c1cnn2-c1ccc(F)cc1)c1cc(N(C)C(N)=O)nc(S(C)(=O)=O)c1. The third-order valence-electron chi connectivity index (χ3n) is 5.79. The van der Waals surface area contributed by atoms with E-state index in [0.717, 1.165) is 11.2 Å². The van der Waals surface area contributed by atoms with E-state index < -0.39 is 27.8 Å². The number of benzene rings is 1. The average Bonchev–Trinajstić information content (AvgIpc) is 3.30. The minimum atomic E-state index is -3.73. The normalized spacial score (nSPS) is 12.3. The zero-order chi connectivity index (χ0) is 26.9. The van der Waals surface area contributed by atoms with Gasteiger partial charge in [0.25, 0.3) is 5.91 Å². The lowest BCUT2D eigenvalue weighted by Gasteiger charge is -2.21. The predicted octanol–water partition coefficient (Wildman–Crippen LogP) is 2.75. The summed E-state index contributed by atoms with van der Waals surface area (Å²) in [5, 5.41) is 7.49. The average molecular weight is 526 g/mol. The van der Waals surface area contributed by atoms with E-state index in [1.54, 1.807) is 23.0 Å². The molecule has 0 saturated heterocycles. The number of hydrogen-bond acceptors (Lipinski definition) is 7. The number of carbonyl (C=O) groups is 2. The lowest BCUT2D eigenvalue weighted by Crippen LogP contribution is -2.33. The third-order valence-corrected chi connectivity index (χ3v) is 6.76. The Hall–Kier alpha value is -4.39. The van der Waals surface area contributed by atoms with Crippen LogP contribution in [0, 0.1) is 5.82 Å². The number of carbonyl (C=O) groups excluding carboxylic acids is 2. The molecule has 0 unspecified atom stereocenters. The van der Waals surface area contributed by atoms with Gasteiger partial charge in [-0.25, -0.2) is 27.3 Å². The smallest absolute Gasteiger partial charge is 0.320 e. The first-order valence-electron chi connectivity index (χ1n) is 11.1. The fourth-order valence-electron chi connectivity index (χ4n) is 3.75. The number of fused-ring (bicyclic) bond motifs is 1. The van der Waals surface area contributed by atoms with Gasteiger partial charge in [-0.15, -0.1) is 0 Å². The molecule has 13 heteroatoms. The van der Waals surface area contributed by atoms with E-state index in [0.29, 0.717) is 28.6 Å². The molecule has 0 aliphatic carbocycles. The summed E-state index contributed by atoms with van der Waals surface area (Å²) in [4.78, 5) is 34.2. The van der Waals surface area contributed by atoms with Gasteiger partial charge in [0.15, 0.2) is 14.9 Å². The van der Waals surface area contributed by atoms with E-state index in [2.05, 4.69) is 20.4 Å². The summed E-state index contributed by atoms with van der Waals surface area (Å²) in [5.41, 5.74) is 7.15.